The lowest BCUT2D eigenvalue weighted by atomic mass is 9.84. The summed E-state index contributed by atoms with van der Waals surface area (Å²) < 4.78 is 7.73. The third-order valence-corrected chi connectivity index (χ3v) is 6.43. The van der Waals surface area contributed by atoms with E-state index in [9.17, 15) is 10.2 Å². The molecule has 1 atom stereocenters. The van der Waals surface area contributed by atoms with Crippen molar-refractivity contribution < 1.29 is 14.9 Å². The van der Waals surface area contributed by atoms with Gasteiger partial charge >= 0.3 is 0 Å². The minimum absolute atomic E-state index is 0.109. The topological polar surface area (TPSA) is 92.8 Å². The molecule has 1 aliphatic rings. The second-order valence-electron chi connectivity index (χ2n) is 8.55. The van der Waals surface area contributed by atoms with Crippen LogP contribution in [0.1, 0.15) is 22.6 Å². The van der Waals surface area contributed by atoms with Gasteiger partial charge in [-0.05, 0) is 34.5 Å². The quantitative estimate of drug-likeness (QED) is 0.348. The highest BCUT2D eigenvalue weighted by Crippen LogP contribution is 2.48. The molecule has 0 amide bonds. The number of ether oxygens (including phenoxy) is 1. The first-order valence-corrected chi connectivity index (χ1v) is 11.2. The van der Waals surface area contributed by atoms with Crippen molar-refractivity contribution in [3.8, 4) is 34.5 Å². The molecule has 0 bridgehead atoms. The number of phenols is 2. The van der Waals surface area contributed by atoms with Gasteiger partial charge in [-0.15, -0.1) is 5.10 Å². The highest BCUT2D eigenvalue weighted by molar-refractivity contribution is 5.89. The highest BCUT2D eigenvalue weighted by Gasteiger charge is 2.33. The molecule has 2 N–H and O–H groups in total. The molecule has 3 heterocycles. The highest BCUT2D eigenvalue weighted by atomic mass is 16.5. The molecule has 4 aromatic carbocycles. The summed E-state index contributed by atoms with van der Waals surface area (Å²) >= 11 is 0. The molecular weight excluding hydrogens is 440 g/mol. The molecule has 2 aromatic heterocycles. The van der Waals surface area contributed by atoms with Gasteiger partial charge in [0.2, 0.25) is 5.88 Å². The monoisotopic (exact) mass is 458 g/mol. The fourth-order valence-electron chi connectivity index (χ4n) is 4.82. The lowest BCUT2D eigenvalue weighted by Gasteiger charge is -2.27. The molecule has 0 fully saturated rings. The van der Waals surface area contributed by atoms with Crippen molar-refractivity contribution in [3.63, 3.8) is 0 Å². The summed E-state index contributed by atoms with van der Waals surface area (Å²) in [5.74, 6) is 1.36. The summed E-state index contributed by atoms with van der Waals surface area (Å²) in [6.07, 6.45) is 1.55. The van der Waals surface area contributed by atoms with Crippen molar-refractivity contribution in [1.82, 2.24) is 19.6 Å². The smallest absolute Gasteiger partial charge is 0.228 e. The fraction of sp³-hybridized carbons (Fsp3) is 0.0357. The zero-order valence-electron chi connectivity index (χ0n) is 18.3. The van der Waals surface area contributed by atoms with Crippen LogP contribution in [0.4, 0.5) is 0 Å². The molecule has 168 valence electrons. The van der Waals surface area contributed by atoms with Gasteiger partial charge in [-0.1, -0.05) is 60.7 Å². The van der Waals surface area contributed by atoms with Crippen LogP contribution in [0.3, 0.4) is 0 Å². The van der Waals surface area contributed by atoms with Crippen molar-refractivity contribution in [2.75, 3.05) is 0 Å². The van der Waals surface area contributed by atoms with Crippen LogP contribution >= 0.6 is 0 Å². The van der Waals surface area contributed by atoms with Gasteiger partial charge in [-0.3, -0.25) is 0 Å². The predicted molar refractivity (Wildman–Crippen MR) is 131 cm³/mol. The Morgan fingerprint density at radius 3 is 2.43 bits per heavy atom. The molecular formula is C28H18N4O3. The minimum Gasteiger partial charge on any atom is -0.508 e. The van der Waals surface area contributed by atoms with Crippen LogP contribution in [0.5, 0.6) is 23.1 Å². The van der Waals surface area contributed by atoms with Crippen molar-refractivity contribution in [2.24, 2.45) is 0 Å². The fourth-order valence-corrected chi connectivity index (χ4v) is 4.82. The SMILES string of the molecule is Oc1ccc2c(c1)Oc1ncn3nc(-c4cc5ccccc5cc4O)nc3c1C2c1ccccc1. The summed E-state index contributed by atoms with van der Waals surface area (Å²) in [6, 6.07) is 26.6. The number of aromatic hydroxyl groups is 2. The first kappa shape index (κ1) is 19.5. The van der Waals surface area contributed by atoms with Crippen molar-refractivity contribution in [1.29, 1.82) is 0 Å². The average Bonchev–Trinajstić information content (AvgIpc) is 3.31. The molecule has 1 unspecified atom stereocenters. The normalized spacial score (nSPS) is 14.5. The third kappa shape index (κ3) is 3.02. The number of phenolic OH excluding ortho intramolecular Hbond substituents is 2. The molecule has 1 aliphatic heterocycles. The Morgan fingerprint density at radius 1 is 0.829 bits per heavy atom. The number of hydrogen-bond acceptors (Lipinski definition) is 6. The molecule has 7 rings (SSSR count). The van der Waals surface area contributed by atoms with E-state index in [0.717, 1.165) is 27.5 Å². The number of fused-ring (bicyclic) bond motifs is 5. The molecule has 0 radical (unpaired) electrons. The van der Waals surface area contributed by atoms with E-state index >= 15 is 0 Å². The lowest BCUT2D eigenvalue weighted by molar-refractivity contribution is 0.422. The van der Waals surface area contributed by atoms with Crippen LogP contribution < -0.4 is 4.74 Å². The van der Waals surface area contributed by atoms with Gasteiger partial charge in [-0.2, -0.15) is 0 Å². The third-order valence-electron chi connectivity index (χ3n) is 6.43. The Morgan fingerprint density at radius 2 is 1.60 bits per heavy atom. The summed E-state index contributed by atoms with van der Waals surface area (Å²) in [5, 5.41) is 27.4. The van der Waals surface area contributed by atoms with Gasteiger partial charge < -0.3 is 14.9 Å². The van der Waals surface area contributed by atoms with E-state index in [0.29, 0.717) is 28.7 Å². The Bertz CT molecular complexity index is 1760. The Kier molecular flexibility index (Phi) is 4.08. The van der Waals surface area contributed by atoms with Gasteiger partial charge in [0.05, 0.1) is 11.1 Å². The van der Waals surface area contributed by atoms with Gasteiger partial charge in [0.15, 0.2) is 11.5 Å². The number of benzene rings is 4. The molecule has 7 nitrogen and oxygen atoms in total. The van der Waals surface area contributed by atoms with Crippen LogP contribution in [-0.2, 0) is 0 Å². The predicted octanol–water partition coefficient (Wildman–Crippen LogP) is 5.64. The zero-order valence-corrected chi connectivity index (χ0v) is 18.3. The first-order chi connectivity index (χ1) is 17.2. The lowest BCUT2D eigenvalue weighted by Crippen LogP contribution is -2.14. The van der Waals surface area contributed by atoms with Crippen LogP contribution in [0.2, 0.25) is 0 Å². The summed E-state index contributed by atoms with van der Waals surface area (Å²) in [7, 11) is 0. The van der Waals surface area contributed by atoms with Gasteiger partial charge in [0.25, 0.3) is 0 Å². The van der Waals surface area contributed by atoms with E-state index in [-0.39, 0.29) is 17.4 Å². The van der Waals surface area contributed by atoms with Crippen molar-refractivity contribution >= 4 is 16.4 Å². The number of nitrogens with zero attached hydrogens (tertiary/aromatic N) is 4. The molecule has 0 saturated heterocycles. The summed E-state index contributed by atoms with van der Waals surface area (Å²) in [5.41, 5.74) is 3.84. The van der Waals surface area contributed by atoms with Gasteiger partial charge in [0, 0.05) is 17.5 Å². The van der Waals surface area contributed by atoms with Crippen LogP contribution in [-0.4, -0.2) is 29.8 Å². The largest absolute Gasteiger partial charge is 0.508 e. The standard InChI is InChI=1S/C28H18N4O3/c33-19-10-11-20-23(14-19)35-28-25(24(20)16-6-2-1-3-7-16)27-30-26(31-32(27)15-29-28)21-12-17-8-4-5-9-18(17)13-22(21)34/h1-15,24,33-34H. The maximum absolute atomic E-state index is 10.8. The van der Waals surface area contributed by atoms with Crippen LogP contribution in [0, 0.1) is 0 Å². The van der Waals surface area contributed by atoms with E-state index in [1.54, 1.807) is 29.0 Å². The summed E-state index contributed by atoms with van der Waals surface area (Å²) in [6.45, 7) is 0. The molecule has 6 aromatic rings. The Hall–Kier alpha value is -4.91. The van der Waals surface area contributed by atoms with Crippen molar-refractivity contribution in [3.05, 3.63) is 108 Å². The average molecular weight is 458 g/mol. The van der Waals surface area contributed by atoms with E-state index in [1.807, 2.05) is 66.7 Å². The van der Waals surface area contributed by atoms with E-state index in [4.69, 9.17) is 9.72 Å². The molecule has 35 heavy (non-hydrogen) atoms. The minimum atomic E-state index is -0.228. The number of rotatable bonds is 2. The van der Waals surface area contributed by atoms with E-state index in [2.05, 4.69) is 10.1 Å². The Balaban J connectivity index is 1.47. The van der Waals surface area contributed by atoms with Gasteiger partial charge in [-0.25, -0.2) is 14.5 Å². The molecule has 0 spiro atoms. The maximum Gasteiger partial charge on any atom is 0.228 e. The molecule has 7 heteroatoms. The van der Waals surface area contributed by atoms with E-state index < -0.39 is 0 Å². The second kappa shape index (κ2) is 7.30. The zero-order chi connectivity index (χ0) is 23.5. The molecule has 0 saturated carbocycles. The van der Waals surface area contributed by atoms with Crippen LogP contribution in [0.15, 0.2) is 91.3 Å². The molecule has 0 aliphatic carbocycles. The second-order valence-corrected chi connectivity index (χ2v) is 8.55. The van der Waals surface area contributed by atoms with Crippen molar-refractivity contribution in [2.45, 2.75) is 5.92 Å². The van der Waals surface area contributed by atoms with Crippen LogP contribution in [0.25, 0.3) is 27.8 Å². The summed E-state index contributed by atoms with van der Waals surface area (Å²) in [4.78, 5) is 9.38. The van der Waals surface area contributed by atoms with Gasteiger partial charge in [0.1, 0.15) is 23.6 Å². The van der Waals surface area contributed by atoms with E-state index in [1.165, 1.54) is 0 Å². The number of aromatic nitrogens is 4. The first-order valence-electron chi connectivity index (χ1n) is 11.2. The number of hydrogen-bond donors (Lipinski definition) is 2. The maximum atomic E-state index is 10.8. The Labute approximate surface area is 199 Å².